The van der Waals surface area contributed by atoms with Gasteiger partial charge in [0, 0.05) is 40.1 Å². The van der Waals surface area contributed by atoms with E-state index < -0.39 is 17.8 Å². The van der Waals surface area contributed by atoms with Crippen LogP contribution in [0.5, 0.6) is 5.75 Å². The van der Waals surface area contributed by atoms with Crippen LogP contribution in [0, 0.1) is 0 Å². The number of thioether (sulfide) groups is 1. The lowest BCUT2D eigenvalue weighted by atomic mass is 10.0. The van der Waals surface area contributed by atoms with Crippen molar-refractivity contribution >= 4 is 69.5 Å². The number of carbonyl (C=O) groups is 5. The van der Waals surface area contributed by atoms with Crippen molar-refractivity contribution in [2.24, 2.45) is 0 Å². The molecule has 0 saturated heterocycles. The van der Waals surface area contributed by atoms with Crippen molar-refractivity contribution in [2.75, 3.05) is 36.1 Å². The van der Waals surface area contributed by atoms with Gasteiger partial charge >= 0.3 is 5.97 Å². The lowest BCUT2D eigenvalue weighted by molar-refractivity contribution is -0.129. The Morgan fingerprint density at radius 1 is 0.922 bits per heavy atom. The number of para-hydroxylation sites is 1. The van der Waals surface area contributed by atoms with Crippen LogP contribution in [-0.4, -0.2) is 60.0 Å². The molecule has 3 aromatic carbocycles. The van der Waals surface area contributed by atoms with Crippen LogP contribution >= 0.6 is 23.1 Å². The average Bonchev–Trinajstić information content (AvgIpc) is 3.49. The molecule has 1 aliphatic heterocycles. The zero-order valence-corrected chi connectivity index (χ0v) is 30.1. The molecular weight excluding hydrogens is 689 g/mol. The van der Waals surface area contributed by atoms with E-state index in [4.69, 9.17) is 9.47 Å². The van der Waals surface area contributed by atoms with Gasteiger partial charge in [-0.15, -0.1) is 23.1 Å². The zero-order chi connectivity index (χ0) is 36.3. The van der Waals surface area contributed by atoms with E-state index >= 15 is 0 Å². The Hall–Kier alpha value is -5.40. The first-order valence-electron chi connectivity index (χ1n) is 16.4. The molecule has 0 saturated carbocycles. The normalized spacial score (nSPS) is 12.4. The van der Waals surface area contributed by atoms with Crippen molar-refractivity contribution < 1.29 is 33.4 Å². The van der Waals surface area contributed by atoms with E-state index in [1.807, 2.05) is 25.1 Å². The minimum Gasteiger partial charge on any atom is -0.493 e. The first kappa shape index (κ1) is 36.9. The number of carbonyl (C=O) groups excluding carboxylic acids is 5. The second kappa shape index (κ2) is 17.5. The van der Waals surface area contributed by atoms with E-state index in [0.29, 0.717) is 64.1 Å². The van der Waals surface area contributed by atoms with Gasteiger partial charge in [-0.25, -0.2) is 4.79 Å². The summed E-state index contributed by atoms with van der Waals surface area (Å²) in [5.74, 6) is -1.31. The number of nitrogens with zero attached hydrogens (tertiary/aromatic N) is 1. The highest BCUT2D eigenvalue weighted by Gasteiger charge is 2.30. The number of esters is 1. The molecule has 0 radical (unpaired) electrons. The van der Waals surface area contributed by atoms with Gasteiger partial charge in [-0.2, -0.15) is 0 Å². The van der Waals surface area contributed by atoms with Gasteiger partial charge in [-0.05, 0) is 68.3 Å². The third-order valence-corrected chi connectivity index (χ3v) is 9.87. The lowest BCUT2D eigenvalue weighted by Gasteiger charge is -2.25. The Balaban J connectivity index is 1.29. The van der Waals surface area contributed by atoms with E-state index in [9.17, 15) is 24.0 Å². The van der Waals surface area contributed by atoms with Crippen molar-refractivity contribution in [3.63, 3.8) is 0 Å². The summed E-state index contributed by atoms with van der Waals surface area (Å²) in [7, 11) is 0. The van der Waals surface area contributed by atoms with Crippen LogP contribution in [0.3, 0.4) is 0 Å². The first-order chi connectivity index (χ1) is 24.7. The Kier molecular flexibility index (Phi) is 12.7. The summed E-state index contributed by atoms with van der Waals surface area (Å²) >= 11 is 2.53. The fourth-order valence-corrected chi connectivity index (χ4v) is 7.36. The molecule has 0 bridgehead atoms. The van der Waals surface area contributed by atoms with Crippen LogP contribution in [0.2, 0.25) is 0 Å². The molecule has 0 atom stereocenters. The van der Waals surface area contributed by atoms with Crippen molar-refractivity contribution in [1.29, 1.82) is 0 Å². The molecule has 4 aromatic rings. The number of fused-ring (bicyclic) bond motifs is 1. The third kappa shape index (κ3) is 9.65. The number of amides is 4. The van der Waals surface area contributed by atoms with E-state index in [2.05, 4.69) is 16.0 Å². The molecule has 0 fully saturated rings. The molecule has 1 aliphatic rings. The average molecular weight is 727 g/mol. The maximum absolute atomic E-state index is 13.6. The third-order valence-electron chi connectivity index (χ3n) is 7.74. The smallest absolute Gasteiger partial charge is 0.341 e. The largest absolute Gasteiger partial charge is 0.493 e. The van der Waals surface area contributed by atoms with Gasteiger partial charge in [0.25, 0.3) is 11.8 Å². The maximum atomic E-state index is 13.6. The molecular formula is C38H38N4O7S2. The molecule has 4 amide bonds. The van der Waals surface area contributed by atoms with Crippen molar-refractivity contribution in [3.05, 3.63) is 112 Å². The summed E-state index contributed by atoms with van der Waals surface area (Å²) < 4.78 is 11.0. The lowest BCUT2D eigenvalue weighted by Crippen LogP contribution is -2.34. The van der Waals surface area contributed by atoms with Crippen LogP contribution in [0.15, 0.2) is 89.5 Å². The second-order valence-electron chi connectivity index (χ2n) is 11.3. The van der Waals surface area contributed by atoms with E-state index in [0.717, 1.165) is 10.4 Å². The highest BCUT2D eigenvalue weighted by Crippen LogP contribution is 2.38. The maximum Gasteiger partial charge on any atom is 0.341 e. The van der Waals surface area contributed by atoms with Gasteiger partial charge in [0.05, 0.1) is 31.1 Å². The summed E-state index contributed by atoms with van der Waals surface area (Å²) in [6, 6.07) is 22.8. The number of benzene rings is 3. The quantitative estimate of drug-likeness (QED) is 0.0820. The molecule has 0 aliphatic carbocycles. The molecule has 1 aromatic heterocycles. The molecule has 0 spiro atoms. The highest BCUT2D eigenvalue weighted by atomic mass is 32.2. The van der Waals surface area contributed by atoms with Crippen LogP contribution < -0.4 is 20.7 Å². The number of anilines is 2. The number of rotatable bonds is 13. The molecule has 13 heteroatoms. The summed E-state index contributed by atoms with van der Waals surface area (Å²) in [6.45, 7) is 6.56. The van der Waals surface area contributed by atoms with Crippen molar-refractivity contribution in [3.8, 4) is 5.75 Å². The van der Waals surface area contributed by atoms with Crippen LogP contribution in [0.4, 0.5) is 10.7 Å². The zero-order valence-electron chi connectivity index (χ0n) is 28.4. The van der Waals surface area contributed by atoms with E-state index in [1.165, 1.54) is 30.0 Å². The molecule has 2 heterocycles. The summed E-state index contributed by atoms with van der Waals surface area (Å²) in [4.78, 5) is 68.0. The summed E-state index contributed by atoms with van der Waals surface area (Å²) in [5, 5.41) is 8.87. The van der Waals surface area contributed by atoms with Gasteiger partial charge in [-0.3, -0.25) is 19.2 Å². The standard InChI is InChI=1S/C38H38N4O7S2/c1-4-48-31-17-10-9-14-26(31)20-30(40-35(45)25-12-7-6-8-13-25)36(46)39-27-15-11-16-28(21-27)50-23-33(44)41-37-34(38(47)49-5-2)29-18-19-42(24(3)43)22-32(29)51-37/h6-17,20-21H,4-5,18-19,22-23H2,1-3H3,(H,39,46)(H,40,45)(H,41,44)/b30-20+. The van der Waals surface area contributed by atoms with Gasteiger partial charge in [0.1, 0.15) is 16.4 Å². The highest BCUT2D eigenvalue weighted by molar-refractivity contribution is 8.00. The van der Waals surface area contributed by atoms with Crippen LogP contribution in [0.25, 0.3) is 6.08 Å². The molecule has 5 rings (SSSR count). The van der Waals surface area contributed by atoms with Gasteiger partial charge in [0.2, 0.25) is 11.8 Å². The Morgan fingerprint density at radius 3 is 2.43 bits per heavy atom. The minimum absolute atomic E-state index is 0.0101. The van der Waals surface area contributed by atoms with Crippen LogP contribution in [0.1, 0.15) is 57.5 Å². The van der Waals surface area contributed by atoms with E-state index in [1.54, 1.807) is 78.6 Å². The predicted octanol–water partition coefficient (Wildman–Crippen LogP) is 6.37. The fourth-order valence-electron chi connectivity index (χ4n) is 5.34. The van der Waals surface area contributed by atoms with Crippen molar-refractivity contribution in [2.45, 2.75) is 38.6 Å². The Bertz CT molecular complexity index is 1960. The monoisotopic (exact) mass is 726 g/mol. The minimum atomic E-state index is -0.554. The topological polar surface area (TPSA) is 143 Å². The summed E-state index contributed by atoms with van der Waals surface area (Å²) in [6.07, 6.45) is 2.06. The van der Waals surface area contributed by atoms with Crippen LogP contribution in [-0.2, 0) is 32.1 Å². The first-order valence-corrected chi connectivity index (χ1v) is 18.2. The molecule has 3 N–H and O–H groups in total. The number of nitrogens with one attached hydrogen (secondary N) is 3. The van der Waals surface area contributed by atoms with E-state index in [-0.39, 0.29) is 29.9 Å². The number of ether oxygens (including phenoxy) is 2. The van der Waals surface area contributed by atoms with Gasteiger partial charge in [0.15, 0.2) is 0 Å². The molecule has 264 valence electrons. The molecule has 0 unspecified atom stereocenters. The SMILES string of the molecule is CCOC(=O)c1c(NC(=O)CSc2cccc(NC(=O)/C(=C\c3ccccc3OCC)NC(=O)c3ccccc3)c2)sc2c1CCN(C(C)=O)C2. The second-order valence-corrected chi connectivity index (χ2v) is 13.4. The Morgan fingerprint density at radius 2 is 1.69 bits per heavy atom. The van der Waals surface area contributed by atoms with Crippen molar-refractivity contribution in [1.82, 2.24) is 10.2 Å². The fraction of sp³-hybridized carbons (Fsp3) is 0.237. The number of thiophene rings is 1. The summed E-state index contributed by atoms with van der Waals surface area (Å²) in [5.41, 5.74) is 2.61. The number of hydrogen-bond donors (Lipinski definition) is 3. The molecule has 51 heavy (non-hydrogen) atoms. The number of hydrogen-bond acceptors (Lipinski definition) is 9. The van der Waals surface area contributed by atoms with Gasteiger partial charge < -0.3 is 30.3 Å². The Labute approximate surface area is 304 Å². The predicted molar refractivity (Wildman–Crippen MR) is 199 cm³/mol. The molecule has 11 nitrogen and oxygen atoms in total. The van der Waals surface area contributed by atoms with Gasteiger partial charge in [-0.1, -0.05) is 42.5 Å².